The summed E-state index contributed by atoms with van der Waals surface area (Å²) < 4.78 is 12.8. The van der Waals surface area contributed by atoms with E-state index in [2.05, 4.69) is 29.4 Å². The average Bonchev–Trinajstić information content (AvgIpc) is 3.33. The first kappa shape index (κ1) is 27.2. The van der Waals surface area contributed by atoms with E-state index in [-0.39, 0.29) is 25.6 Å². The number of benzene rings is 3. The summed E-state index contributed by atoms with van der Waals surface area (Å²) in [6, 6.07) is 19.6. The molecule has 0 aliphatic heterocycles. The van der Waals surface area contributed by atoms with Crippen LogP contribution in [-0.2, 0) is 11.4 Å². The second-order valence-electron chi connectivity index (χ2n) is 9.01. The number of aliphatic hydroxyl groups is 2. The molecule has 0 bridgehead atoms. The van der Waals surface area contributed by atoms with Crippen molar-refractivity contribution in [1.29, 1.82) is 0 Å². The second-order valence-corrected chi connectivity index (χ2v) is 9.92. The Morgan fingerprint density at radius 1 is 1.00 bits per heavy atom. The summed E-state index contributed by atoms with van der Waals surface area (Å²) in [5, 5.41) is 30.9. The first-order valence-corrected chi connectivity index (χ1v) is 13.2. The van der Waals surface area contributed by atoms with E-state index in [4.69, 9.17) is 19.7 Å². The van der Waals surface area contributed by atoms with Crippen molar-refractivity contribution in [3.8, 4) is 34.5 Å². The van der Waals surface area contributed by atoms with Gasteiger partial charge in [0.2, 0.25) is 0 Å². The molecule has 2 unspecified atom stereocenters. The van der Waals surface area contributed by atoms with Gasteiger partial charge in [-0.25, -0.2) is 0 Å². The van der Waals surface area contributed by atoms with E-state index in [1.165, 1.54) is 0 Å². The zero-order valence-corrected chi connectivity index (χ0v) is 22.1. The third-order valence-corrected chi connectivity index (χ3v) is 7.13. The van der Waals surface area contributed by atoms with E-state index in [1.54, 1.807) is 18.3 Å². The van der Waals surface area contributed by atoms with Gasteiger partial charge in [-0.2, -0.15) is 0 Å². The van der Waals surface area contributed by atoms with Gasteiger partial charge in [-0.05, 0) is 71.8 Å². The second kappa shape index (κ2) is 12.6. The molecule has 0 fully saturated rings. The molecule has 0 saturated heterocycles. The number of ether oxygens (including phenoxy) is 2. The number of aliphatic carboxylic acids is 1. The van der Waals surface area contributed by atoms with Gasteiger partial charge in [-0.1, -0.05) is 36.3 Å². The summed E-state index contributed by atoms with van der Waals surface area (Å²) in [6.07, 6.45) is -0.932. The highest BCUT2D eigenvalue weighted by Gasteiger charge is 2.14. The largest absolute Gasteiger partial charge is 0.491 e. The van der Waals surface area contributed by atoms with Gasteiger partial charge in [-0.15, -0.1) is 17.3 Å². The topological polar surface area (TPSA) is 96.2 Å². The molecule has 0 aliphatic rings. The van der Waals surface area contributed by atoms with Crippen LogP contribution >= 0.6 is 11.3 Å². The van der Waals surface area contributed by atoms with E-state index >= 15 is 0 Å². The fourth-order valence-corrected chi connectivity index (χ4v) is 5.13. The van der Waals surface area contributed by atoms with Crippen LogP contribution in [0.15, 0.2) is 66.0 Å². The molecule has 4 aromatic rings. The van der Waals surface area contributed by atoms with Crippen LogP contribution < -0.4 is 9.47 Å². The molecule has 3 N–H and O–H groups in total. The van der Waals surface area contributed by atoms with Crippen LogP contribution in [0.25, 0.3) is 21.2 Å². The molecule has 1 heterocycles. The molecule has 0 spiro atoms. The number of aryl methyl sites for hydroxylation is 1. The van der Waals surface area contributed by atoms with E-state index in [0.29, 0.717) is 12.4 Å². The summed E-state index contributed by atoms with van der Waals surface area (Å²) >= 11 is 1.67. The van der Waals surface area contributed by atoms with Crippen LogP contribution in [0.3, 0.4) is 0 Å². The van der Waals surface area contributed by atoms with E-state index in [9.17, 15) is 9.90 Å². The minimum atomic E-state index is -0.906. The lowest BCUT2D eigenvalue weighted by Crippen LogP contribution is -2.21. The summed E-state index contributed by atoms with van der Waals surface area (Å²) in [6.45, 7) is 3.82. The predicted octanol–water partition coefficient (Wildman–Crippen LogP) is 5.77. The van der Waals surface area contributed by atoms with E-state index in [1.807, 2.05) is 55.5 Å². The third kappa shape index (κ3) is 6.73. The molecule has 0 radical (unpaired) electrons. The zero-order chi connectivity index (χ0) is 27.1. The molecule has 196 valence electrons. The van der Waals surface area contributed by atoms with Gasteiger partial charge in [0.25, 0.3) is 0 Å². The van der Waals surface area contributed by atoms with Crippen LogP contribution in [0.1, 0.15) is 36.0 Å². The highest BCUT2D eigenvalue weighted by atomic mass is 32.1. The smallest absolute Gasteiger partial charge is 0.304 e. The van der Waals surface area contributed by atoms with E-state index < -0.39 is 12.1 Å². The number of carboxylic acid groups (broad SMARTS) is 1. The molecular formula is C31H30O6S. The molecule has 6 nitrogen and oxygen atoms in total. The van der Waals surface area contributed by atoms with Crippen LogP contribution in [0.4, 0.5) is 0 Å². The highest BCUT2D eigenvalue weighted by Crippen LogP contribution is 2.38. The van der Waals surface area contributed by atoms with Crippen molar-refractivity contribution in [2.24, 2.45) is 0 Å². The van der Waals surface area contributed by atoms with Crippen LogP contribution in [0, 0.1) is 18.8 Å². The number of thiophene rings is 1. The lowest BCUT2D eigenvalue weighted by Gasteiger charge is -2.13. The van der Waals surface area contributed by atoms with Crippen LogP contribution in [-0.4, -0.2) is 40.6 Å². The van der Waals surface area contributed by atoms with Crippen LogP contribution in [0.5, 0.6) is 11.5 Å². The van der Waals surface area contributed by atoms with Gasteiger partial charge in [0.15, 0.2) is 0 Å². The highest BCUT2D eigenvalue weighted by molar-refractivity contribution is 7.17. The SMILES string of the molecule is CC#CC(CC(=O)O)c1ccc(COc2ccc3scc(-c4ccc(OCC(O)CO)cc4C)c3c2)cc1. The lowest BCUT2D eigenvalue weighted by molar-refractivity contribution is -0.137. The Morgan fingerprint density at radius 2 is 1.74 bits per heavy atom. The van der Waals surface area contributed by atoms with Gasteiger partial charge < -0.3 is 24.8 Å². The minimum Gasteiger partial charge on any atom is -0.491 e. The fourth-order valence-electron chi connectivity index (χ4n) is 4.19. The third-order valence-electron chi connectivity index (χ3n) is 6.17. The Hall–Kier alpha value is -3.83. The maximum Gasteiger partial charge on any atom is 0.304 e. The summed E-state index contributed by atoms with van der Waals surface area (Å²) in [5.41, 5.74) is 5.11. The molecule has 0 aliphatic carbocycles. The molecule has 7 heteroatoms. The van der Waals surface area contributed by atoms with Gasteiger partial charge in [0.1, 0.15) is 30.8 Å². The monoisotopic (exact) mass is 530 g/mol. The summed E-state index contributed by atoms with van der Waals surface area (Å²) in [7, 11) is 0. The molecule has 38 heavy (non-hydrogen) atoms. The standard InChI is InChI=1S/C31H30O6S/c1-3-4-23(14-31(34)35)22-7-5-21(6-8-22)17-36-26-10-12-30-28(15-26)29(19-38-30)27-11-9-25(13-20(27)2)37-18-24(33)16-32/h5-13,15,19,23-24,32-33H,14,16-18H2,1-2H3,(H,34,35). The lowest BCUT2D eigenvalue weighted by atomic mass is 9.95. The maximum atomic E-state index is 11.2. The quantitative estimate of drug-likeness (QED) is 0.213. The van der Waals surface area contributed by atoms with Crippen molar-refractivity contribution < 1.29 is 29.6 Å². The van der Waals surface area contributed by atoms with Crippen molar-refractivity contribution >= 4 is 27.4 Å². The Kier molecular flexibility index (Phi) is 9.03. The number of carbonyl (C=O) groups is 1. The molecule has 0 saturated carbocycles. The average molecular weight is 531 g/mol. The normalized spacial score (nSPS) is 12.4. The van der Waals surface area contributed by atoms with Crippen LogP contribution in [0.2, 0.25) is 0 Å². The number of fused-ring (bicyclic) bond motifs is 1. The molecule has 2 atom stereocenters. The van der Waals surface area contributed by atoms with E-state index in [0.717, 1.165) is 43.7 Å². The molecular weight excluding hydrogens is 500 g/mol. The van der Waals surface area contributed by atoms with Gasteiger partial charge >= 0.3 is 5.97 Å². The van der Waals surface area contributed by atoms with Crippen molar-refractivity contribution in [3.63, 3.8) is 0 Å². The Morgan fingerprint density at radius 3 is 2.42 bits per heavy atom. The fraction of sp³-hybridized carbons (Fsp3) is 0.258. The summed E-state index contributed by atoms with van der Waals surface area (Å²) in [5.74, 6) is 6.00. The maximum absolute atomic E-state index is 11.2. The van der Waals surface area contributed by atoms with Gasteiger partial charge in [0, 0.05) is 15.6 Å². The number of hydrogen-bond donors (Lipinski definition) is 3. The summed E-state index contributed by atoms with van der Waals surface area (Å²) in [4.78, 5) is 11.2. The minimum absolute atomic E-state index is 0.0261. The number of hydrogen-bond acceptors (Lipinski definition) is 6. The Balaban J connectivity index is 1.48. The Labute approximate surface area is 226 Å². The molecule has 4 rings (SSSR count). The number of aliphatic hydroxyl groups excluding tert-OH is 2. The molecule has 1 aromatic heterocycles. The first-order chi connectivity index (χ1) is 18.4. The molecule has 0 amide bonds. The van der Waals surface area contributed by atoms with Crippen molar-refractivity contribution in [2.45, 2.75) is 38.9 Å². The number of rotatable bonds is 11. The predicted molar refractivity (Wildman–Crippen MR) is 150 cm³/mol. The zero-order valence-electron chi connectivity index (χ0n) is 21.3. The van der Waals surface area contributed by atoms with Gasteiger partial charge in [0.05, 0.1) is 18.9 Å². The number of carboxylic acids is 1. The van der Waals surface area contributed by atoms with Crippen molar-refractivity contribution in [2.75, 3.05) is 13.2 Å². The molecule has 3 aromatic carbocycles. The van der Waals surface area contributed by atoms with Gasteiger partial charge in [-0.3, -0.25) is 4.79 Å². The van der Waals surface area contributed by atoms with Crippen molar-refractivity contribution in [3.05, 3.63) is 82.7 Å². The van der Waals surface area contributed by atoms with Crippen molar-refractivity contribution in [1.82, 2.24) is 0 Å². The Bertz CT molecular complexity index is 1460. The first-order valence-electron chi connectivity index (χ1n) is 12.3.